The number of carbonyl (C=O) groups excluding carboxylic acids is 1. The van der Waals surface area contributed by atoms with E-state index in [1.165, 1.54) is 0 Å². The first-order valence-electron chi connectivity index (χ1n) is 6.21. The number of nitrogens with two attached hydrogens (primary N) is 1. The highest BCUT2D eigenvalue weighted by Crippen LogP contribution is 2.24. The van der Waals surface area contributed by atoms with Crippen molar-refractivity contribution >= 4 is 17.6 Å². The predicted octanol–water partition coefficient (Wildman–Crippen LogP) is 2.54. The third-order valence-corrected chi connectivity index (χ3v) is 3.18. The number of hydrogen-bond donors (Lipinski definition) is 1. The van der Waals surface area contributed by atoms with E-state index >= 15 is 0 Å². The Balaban J connectivity index is 2.56. The Bertz CT molecular complexity index is 449. The summed E-state index contributed by atoms with van der Waals surface area (Å²) in [5.74, 6) is -0.376. The van der Waals surface area contributed by atoms with Gasteiger partial charge in [0.2, 0.25) is 0 Å². The van der Waals surface area contributed by atoms with Gasteiger partial charge in [-0.15, -0.1) is 0 Å². The summed E-state index contributed by atoms with van der Waals surface area (Å²) in [5, 5.41) is 0.723. The van der Waals surface area contributed by atoms with E-state index in [4.69, 9.17) is 26.8 Å². The van der Waals surface area contributed by atoms with Crippen LogP contribution in [-0.2, 0) is 14.3 Å². The van der Waals surface area contributed by atoms with Crippen molar-refractivity contribution in [3.63, 3.8) is 0 Å². The molecule has 0 aromatic heterocycles. The smallest absolute Gasteiger partial charge is 0.332 e. The van der Waals surface area contributed by atoms with Gasteiger partial charge < -0.3 is 15.2 Å². The molecular formula is C14H20ClNO3. The van der Waals surface area contributed by atoms with Crippen LogP contribution in [-0.4, -0.2) is 25.8 Å². The first-order chi connectivity index (χ1) is 8.95. The van der Waals surface area contributed by atoms with Gasteiger partial charge in [0, 0.05) is 5.02 Å². The molecule has 1 aromatic carbocycles. The van der Waals surface area contributed by atoms with E-state index in [2.05, 4.69) is 0 Å². The zero-order valence-corrected chi connectivity index (χ0v) is 12.3. The van der Waals surface area contributed by atoms with E-state index in [9.17, 15) is 4.79 Å². The zero-order valence-electron chi connectivity index (χ0n) is 11.5. The first kappa shape index (κ1) is 16.0. The molecule has 0 radical (unpaired) electrons. The molecule has 1 rings (SSSR count). The highest BCUT2D eigenvalue weighted by molar-refractivity contribution is 6.31. The van der Waals surface area contributed by atoms with E-state index in [0.717, 1.165) is 21.7 Å². The van der Waals surface area contributed by atoms with E-state index in [1.807, 2.05) is 26.0 Å². The molecule has 106 valence electrons. The second kappa shape index (κ2) is 7.48. The normalized spacial score (nSPS) is 12.3. The van der Waals surface area contributed by atoms with E-state index in [0.29, 0.717) is 6.61 Å². The van der Waals surface area contributed by atoms with Crippen LogP contribution in [0.25, 0.3) is 0 Å². The lowest BCUT2D eigenvalue weighted by Gasteiger charge is -2.16. The second-order valence-electron chi connectivity index (χ2n) is 4.38. The maximum Gasteiger partial charge on any atom is 0.332 e. The summed E-state index contributed by atoms with van der Waals surface area (Å²) in [5.41, 5.74) is 9.02. The van der Waals surface area contributed by atoms with Crippen molar-refractivity contribution in [2.24, 2.45) is 5.73 Å². The summed E-state index contributed by atoms with van der Waals surface area (Å²) in [6.07, 6.45) is 0. The average molecular weight is 286 g/mol. The van der Waals surface area contributed by atoms with Gasteiger partial charge in [0.15, 0.2) is 0 Å². The largest absolute Gasteiger partial charge is 0.464 e. The van der Waals surface area contributed by atoms with Crippen molar-refractivity contribution in [3.05, 3.63) is 33.8 Å². The van der Waals surface area contributed by atoms with Gasteiger partial charge in [-0.05, 0) is 43.5 Å². The van der Waals surface area contributed by atoms with E-state index in [1.54, 1.807) is 6.92 Å². The standard InChI is InChI=1S/C14H20ClNO3/c1-4-19-14(17)8-18-7-13(16)11-5-10(3)12(15)6-9(11)2/h5-6,13H,4,7-8,16H2,1-3H3. The summed E-state index contributed by atoms with van der Waals surface area (Å²) >= 11 is 6.04. The lowest BCUT2D eigenvalue weighted by molar-refractivity contribution is -0.148. The maximum absolute atomic E-state index is 11.1. The molecule has 1 atom stereocenters. The van der Waals surface area contributed by atoms with Gasteiger partial charge >= 0.3 is 5.97 Å². The lowest BCUT2D eigenvalue weighted by Crippen LogP contribution is -2.21. The fourth-order valence-corrected chi connectivity index (χ4v) is 1.98. The summed E-state index contributed by atoms with van der Waals surface area (Å²) in [4.78, 5) is 11.1. The lowest BCUT2D eigenvalue weighted by atomic mass is 10.00. The molecule has 0 aliphatic rings. The van der Waals surface area contributed by atoms with Crippen molar-refractivity contribution < 1.29 is 14.3 Å². The van der Waals surface area contributed by atoms with Crippen LogP contribution in [0.4, 0.5) is 0 Å². The van der Waals surface area contributed by atoms with Crippen LogP contribution < -0.4 is 5.73 Å². The number of halogens is 1. The number of esters is 1. The molecule has 4 nitrogen and oxygen atoms in total. The van der Waals surface area contributed by atoms with E-state index in [-0.39, 0.29) is 25.2 Å². The van der Waals surface area contributed by atoms with Crippen molar-refractivity contribution in [2.45, 2.75) is 26.8 Å². The molecule has 0 fully saturated rings. The Morgan fingerprint density at radius 3 is 2.68 bits per heavy atom. The molecule has 1 unspecified atom stereocenters. The third-order valence-electron chi connectivity index (χ3n) is 2.77. The van der Waals surface area contributed by atoms with Gasteiger partial charge in [-0.3, -0.25) is 0 Å². The molecule has 1 aromatic rings. The molecule has 19 heavy (non-hydrogen) atoms. The molecule has 0 saturated heterocycles. The van der Waals surface area contributed by atoms with Crippen LogP contribution >= 0.6 is 11.6 Å². The van der Waals surface area contributed by atoms with Crippen LogP contribution in [0.2, 0.25) is 5.02 Å². The number of benzene rings is 1. The number of hydrogen-bond acceptors (Lipinski definition) is 4. The number of aryl methyl sites for hydroxylation is 2. The monoisotopic (exact) mass is 285 g/mol. The topological polar surface area (TPSA) is 61.5 Å². The highest BCUT2D eigenvalue weighted by Gasteiger charge is 2.12. The fraction of sp³-hybridized carbons (Fsp3) is 0.500. The van der Waals surface area contributed by atoms with Crippen molar-refractivity contribution in [3.8, 4) is 0 Å². The molecule has 5 heteroatoms. The Morgan fingerprint density at radius 1 is 1.37 bits per heavy atom. The van der Waals surface area contributed by atoms with Gasteiger partial charge in [-0.2, -0.15) is 0 Å². The number of ether oxygens (including phenoxy) is 2. The van der Waals surface area contributed by atoms with Gasteiger partial charge in [0.1, 0.15) is 6.61 Å². The molecular weight excluding hydrogens is 266 g/mol. The minimum absolute atomic E-state index is 0.0762. The van der Waals surface area contributed by atoms with Crippen LogP contribution in [0, 0.1) is 13.8 Å². The molecule has 0 saturated carbocycles. The summed E-state index contributed by atoms with van der Waals surface area (Å²) in [7, 11) is 0. The number of rotatable bonds is 6. The first-order valence-corrected chi connectivity index (χ1v) is 6.59. The maximum atomic E-state index is 11.1. The Labute approximate surface area is 118 Å². The molecule has 0 heterocycles. The molecule has 0 bridgehead atoms. The van der Waals surface area contributed by atoms with Crippen molar-refractivity contribution in [2.75, 3.05) is 19.8 Å². The second-order valence-corrected chi connectivity index (χ2v) is 4.79. The highest BCUT2D eigenvalue weighted by atomic mass is 35.5. The Morgan fingerprint density at radius 2 is 2.05 bits per heavy atom. The predicted molar refractivity (Wildman–Crippen MR) is 75.3 cm³/mol. The van der Waals surface area contributed by atoms with Gasteiger partial charge in [0.25, 0.3) is 0 Å². The van der Waals surface area contributed by atoms with Crippen LogP contribution in [0.15, 0.2) is 12.1 Å². The molecule has 0 amide bonds. The third kappa shape index (κ3) is 4.82. The van der Waals surface area contributed by atoms with Gasteiger partial charge in [0.05, 0.1) is 19.3 Å². The molecule has 2 N–H and O–H groups in total. The van der Waals surface area contributed by atoms with Crippen molar-refractivity contribution in [1.82, 2.24) is 0 Å². The van der Waals surface area contributed by atoms with Crippen LogP contribution in [0.5, 0.6) is 0 Å². The summed E-state index contributed by atoms with van der Waals surface area (Å²) in [6.45, 7) is 6.17. The SMILES string of the molecule is CCOC(=O)COCC(N)c1cc(C)c(Cl)cc1C. The molecule has 0 aliphatic carbocycles. The quantitative estimate of drug-likeness (QED) is 0.816. The fourth-order valence-electron chi connectivity index (χ4n) is 1.76. The van der Waals surface area contributed by atoms with Gasteiger partial charge in [-0.25, -0.2) is 4.79 Å². The Kier molecular flexibility index (Phi) is 6.28. The van der Waals surface area contributed by atoms with E-state index < -0.39 is 0 Å². The molecule has 0 aliphatic heterocycles. The van der Waals surface area contributed by atoms with Crippen molar-refractivity contribution in [1.29, 1.82) is 0 Å². The van der Waals surface area contributed by atoms with Gasteiger partial charge in [-0.1, -0.05) is 17.7 Å². The minimum atomic E-state index is -0.376. The molecule has 0 spiro atoms. The zero-order chi connectivity index (χ0) is 14.4. The van der Waals surface area contributed by atoms with Crippen LogP contribution in [0.1, 0.15) is 29.7 Å². The summed E-state index contributed by atoms with van der Waals surface area (Å²) < 4.78 is 10.0. The Hall–Kier alpha value is -1.10. The average Bonchev–Trinajstić information content (AvgIpc) is 2.34. The minimum Gasteiger partial charge on any atom is -0.464 e. The van der Waals surface area contributed by atoms with Crippen LogP contribution in [0.3, 0.4) is 0 Å². The summed E-state index contributed by atoms with van der Waals surface area (Å²) in [6, 6.07) is 3.55. The number of carbonyl (C=O) groups is 1.